The van der Waals surface area contributed by atoms with Gasteiger partial charge in [0.2, 0.25) is 5.91 Å². The van der Waals surface area contributed by atoms with E-state index in [0.29, 0.717) is 12.8 Å². The van der Waals surface area contributed by atoms with Crippen LogP contribution in [0.25, 0.3) is 0 Å². The Morgan fingerprint density at radius 3 is 1.59 bits per heavy atom. The Bertz CT molecular complexity index is 677. The number of aliphatic hydroxyl groups is 2. The summed E-state index contributed by atoms with van der Waals surface area (Å²) in [7, 11) is 0. The van der Waals surface area contributed by atoms with Crippen LogP contribution in [-0.2, 0) is 11.3 Å². The first-order valence-corrected chi connectivity index (χ1v) is 17.2. The van der Waals surface area contributed by atoms with Gasteiger partial charge in [0.15, 0.2) is 12.4 Å². The summed E-state index contributed by atoms with van der Waals surface area (Å²) < 4.78 is 2.25. The van der Waals surface area contributed by atoms with E-state index in [1.807, 2.05) is 0 Å². The number of aryl methyl sites for hydroxylation is 1. The predicted octanol–water partition coefficient (Wildman–Crippen LogP) is 5.20. The first-order valence-electron chi connectivity index (χ1n) is 17.2. The summed E-state index contributed by atoms with van der Waals surface area (Å²) >= 11 is 0. The predicted molar refractivity (Wildman–Crippen MR) is 168 cm³/mol. The maximum atomic E-state index is 12.3. The minimum Gasteiger partial charge on any atom is -1.00 e. The number of halogens is 1. The molecule has 6 heteroatoms. The summed E-state index contributed by atoms with van der Waals surface area (Å²) in [4.78, 5) is 12.3. The molecule has 1 rings (SSSR count). The molecule has 41 heavy (non-hydrogen) atoms. The number of hydrogen-bond acceptors (Lipinski definition) is 3. The average Bonchev–Trinajstić information content (AvgIpc) is 2.97. The number of unbranched alkanes of at least 4 members (excludes halogenated alkanes) is 20. The number of rotatable bonds is 29. The maximum Gasteiger partial charge on any atom is 0.220 e. The van der Waals surface area contributed by atoms with Gasteiger partial charge in [-0.15, -0.1) is 0 Å². The van der Waals surface area contributed by atoms with Crippen molar-refractivity contribution >= 4 is 5.91 Å². The smallest absolute Gasteiger partial charge is 0.220 e. The lowest BCUT2D eigenvalue weighted by Gasteiger charge is -2.22. The average molecular weight is 642 g/mol. The van der Waals surface area contributed by atoms with Crippen molar-refractivity contribution in [2.75, 3.05) is 6.61 Å². The van der Waals surface area contributed by atoms with Gasteiger partial charge >= 0.3 is 0 Å². The topological polar surface area (TPSA) is 73.4 Å². The van der Waals surface area contributed by atoms with E-state index >= 15 is 0 Å². The van der Waals surface area contributed by atoms with Gasteiger partial charge < -0.3 is 32.5 Å². The third-order valence-electron chi connectivity index (χ3n) is 8.21. The van der Waals surface area contributed by atoms with Gasteiger partial charge in [0.25, 0.3) is 0 Å². The van der Waals surface area contributed by atoms with Gasteiger partial charge in [-0.05, 0) is 19.3 Å². The third kappa shape index (κ3) is 25.3. The van der Waals surface area contributed by atoms with E-state index in [-0.39, 0.29) is 29.5 Å². The van der Waals surface area contributed by atoms with Crippen LogP contribution in [-0.4, -0.2) is 34.9 Å². The first kappa shape index (κ1) is 40.0. The van der Waals surface area contributed by atoms with Gasteiger partial charge in [-0.25, -0.2) is 4.57 Å². The SMILES string of the molecule is CCCCCCCCCCCCCCC[C@H](O)[C@@H](CO)NC(=O)CCCCCCCCCCC[n+]1ccccc1.[Br-]. The highest BCUT2D eigenvalue weighted by atomic mass is 79.9. The summed E-state index contributed by atoms with van der Waals surface area (Å²) in [5, 5.41) is 23.0. The number of nitrogens with one attached hydrogen (secondary N) is 1. The zero-order chi connectivity index (χ0) is 28.9. The molecule has 5 nitrogen and oxygen atoms in total. The van der Waals surface area contributed by atoms with Crippen LogP contribution in [0.1, 0.15) is 161 Å². The second-order valence-electron chi connectivity index (χ2n) is 12.0. The van der Waals surface area contributed by atoms with E-state index in [4.69, 9.17) is 0 Å². The number of aliphatic hydroxyl groups excluding tert-OH is 2. The number of aromatic nitrogens is 1. The summed E-state index contributed by atoms with van der Waals surface area (Å²) in [5.74, 6) is -0.0419. The number of carbonyl (C=O) groups excluding carboxylic acids is 1. The van der Waals surface area contributed by atoms with E-state index in [1.165, 1.54) is 116 Å². The molecular weight excluding hydrogens is 576 g/mol. The van der Waals surface area contributed by atoms with Gasteiger partial charge in [-0.2, -0.15) is 0 Å². The van der Waals surface area contributed by atoms with Crippen molar-refractivity contribution in [1.82, 2.24) is 5.32 Å². The van der Waals surface area contributed by atoms with Gasteiger partial charge in [-0.3, -0.25) is 4.79 Å². The van der Waals surface area contributed by atoms with E-state index < -0.39 is 12.1 Å². The summed E-state index contributed by atoms with van der Waals surface area (Å²) in [6, 6.07) is 5.69. The zero-order valence-corrected chi connectivity index (χ0v) is 28.1. The molecule has 0 aliphatic rings. The molecule has 0 saturated carbocycles. The van der Waals surface area contributed by atoms with E-state index in [9.17, 15) is 15.0 Å². The molecule has 0 unspecified atom stereocenters. The molecular formula is C35H65BrN2O3. The molecule has 0 aliphatic carbocycles. The lowest BCUT2D eigenvalue weighted by molar-refractivity contribution is -0.697. The van der Waals surface area contributed by atoms with Crippen molar-refractivity contribution in [3.05, 3.63) is 30.6 Å². The summed E-state index contributed by atoms with van der Waals surface area (Å²) in [6.07, 6.45) is 32.4. The molecule has 0 radical (unpaired) electrons. The number of nitrogens with zero attached hydrogens (tertiary/aromatic N) is 1. The normalized spacial score (nSPS) is 12.6. The van der Waals surface area contributed by atoms with Crippen LogP contribution in [0.5, 0.6) is 0 Å². The Hall–Kier alpha value is -0.980. The van der Waals surface area contributed by atoms with Crippen LogP contribution in [0.3, 0.4) is 0 Å². The summed E-state index contributed by atoms with van der Waals surface area (Å²) in [6.45, 7) is 3.18. The van der Waals surface area contributed by atoms with Crippen molar-refractivity contribution < 1.29 is 36.6 Å². The first-order chi connectivity index (χ1) is 19.7. The Kier molecular flexibility index (Phi) is 29.7. The number of amides is 1. The molecule has 3 N–H and O–H groups in total. The minimum atomic E-state index is -0.659. The molecule has 240 valence electrons. The highest BCUT2D eigenvalue weighted by Crippen LogP contribution is 2.15. The fourth-order valence-corrected chi connectivity index (χ4v) is 5.52. The fourth-order valence-electron chi connectivity index (χ4n) is 5.52. The van der Waals surface area contributed by atoms with Gasteiger partial charge in [0.1, 0.15) is 6.54 Å². The highest BCUT2D eigenvalue weighted by Gasteiger charge is 2.19. The molecule has 0 bridgehead atoms. The Morgan fingerprint density at radius 2 is 1.10 bits per heavy atom. The van der Waals surface area contributed by atoms with Crippen LogP contribution in [0.4, 0.5) is 0 Å². The van der Waals surface area contributed by atoms with Gasteiger partial charge in [0, 0.05) is 25.0 Å². The molecule has 2 atom stereocenters. The maximum absolute atomic E-state index is 12.3. The molecule has 1 aromatic rings. The van der Waals surface area contributed by atoms with Crippen LogP contribution >= 0.6 is 0 Å². The van der Waals surface area contributed by atoms with E-state index in [2.05, 4.69) is 47.4 Å². The molecule has 1 heterocycles. The second kappa shape index (κ2) is 30.5. The molecule has 0 fully saturated rings. The van der Waals surface area contributed by atoms with Crippen LogP contribution in [0.15, 0.2) is 30.6 Å². The molecule has 0 aliphatic heterocycles. The number of pyridine rings is 1. The third-order valence-corrected chi connectivity index (χ3v) is 8.21. The van der Waals surface area contributed by atoms with E-state index in [1.54, 1.807) is 0 Å². The standard InChI is InChI=1S/C35H64N2O3.BrH/c1-2-3-4-5-6-7-8-9-10-12-15-18-22-27-34(39)33(32-38)36-35(40)28-23-19-16-13-11-14-17-20-24-29-37-30-25-21-26-31-37;/h21,25-26,30-31,33-34,38-39H,2-20,22-24,27-29,32H2,1H3;1H/t33-,34+;/m1./s1. The second-order valence-corrected chi connectivity index (χ2v) is 12.0. The van der Waals surface area contributed by atoms with Crippen molar-refractivity contribution in [3.63, 3.8) is 0 Å². The van der Waals surface area contributed by atoms with Crippen molar-refractivity contribution in [2.24, 2.45) is 0 Å². The largest absolute Gasteiger partial charge is 1.00 e. The highest BCUT2D eigenvalue weighted by molar-refractivity contribution is 5.76. The van der Waals surface area contributed by atoms with Gasteiger partial charge in [-0.1, -0.05) is 135 Å². The zero-order valence-electron chi connectivity index (χ0n) is 26.6. The fraction of sp³-hybridized carbons (Fsp3) is 0.829. The van der Waals surface area contributed by atoms with Gasteiger partial charge in [0.05, 0.1) is 18.8 Å². The molecule has 0 spiro atoms. The van der Waals surface area contributed by atoms with Crippen LogP contribution < -0.4 is 26.9 Å². The lowest BCUT2D eigenvalue weighted by atomic mass is 10.0. The van der Waals surface area contributed by atoms with Crippen molar-refractivity contribution in [2.45, 2.75) is 180 Å². The molecule has 1 amide bonds. The summed E-state index contributed by atoms with van der Waals surface area (Å²) in [5.41, 5.74) is 0. The van der Waals surface area contributed by atoms with Crippen LogP contribution in [0, 0.1) is 0 Å². The molecule has 0 aromatic carbocycles. The molecule has 0 saturated heterocycles. The van der Waals surface area contributed by atoms with Crippen LogP contribution in [0.2, 0.25) is 0 Å². The van der Waals surface area contributed by atoms with Crippen molar-refractivity contribution in [1.29, 1.82) is 0 Å². The Morgan fingerprint density at radius 1 is 0.659 bits per heavy atom. The quantitative estimate of drug-likeness (QED) is 0.0833. The Balaban J connectivity index is 0.0000160. The minimum absolute atomic E-state index is 0. The van der Waals surface area contributed by atoms with Crippen molar-refractivity contribution in [3.8, 4) is 0 Å². The monoisotopic (exact) mass is 640 g/mol. The number of hydrogen-bond donors (Lipinski definition) is 3. The lowest BCUT2D eigenvalue weighted by Crippen LogP contribution is -3.00. The van der Waals surface area contributed by atoms with E-state index in [0.717, 1.165) is 32.2 Å². The molecule has 1 aromatic heterocycles. The Labute approximate surface area is 264 Å². The number of carbonyl (C=O) groups is 1.